The molecule has 0 aliphatic carbocycles. The van der Waals surface area contributed by atoms with E-state index in [9.17, 15) is 24.3 Å². The Morgan fingerprint density at radius 3 is 2.58 bits per heavy atom. The number of aromatic hydroxyl groups is 1. The summed E-state index contributed by atoms with van der Waals surface area (Å²) in [5, 5.41) is 14.6. The van der Waals surface area contributed by atoms with Gasteiger partial charge in [-0.05, 0) is 18.2 Å². The SMILES string of the molecule is O=C(Nc1ccc2c(c1)NC(=O)C21OCCO1)c1c(O)[nH]c(=O)[nH]c1=O. The van der Waals surface area contributed by atoms with Crippen LogP contribution in [0.3, 0.4) is 0 Å². The maximum absolute atomic E-state index is 12.2. The van der Waals surface area contributed by atoms with Crippen molar-refractivity contribution in [1.29, 1.82) is 0 Å². The van der Waals surface area contributed by atoms with Gasteiger partial charge in [-0.2, -0.15) is 0 Å². The number of aromatic amines is 2. The number of H-pyrrole nitrogens is 2. The third-order valence-electron chi connectivity index (χ3n) is 4.02. The maximum Gasteiger partial charge on any atom is 0.328 e. The fourth-order valence-electron chi connectivity index (χ4n) is 2.92. The average Bonchev–Trinajstić information content (AvgIpc) is 3.13. The van der Waals surface area contributed by atoms with Gasteiger partial charge in [0.1, 0.15) is 0 Å². The summed E-state index contributed by atoms with van der Waals surface area (Å²) in [5.41, 5.74) is -1.52. The number of amides is 2. The Labute approximate surface area is 144 Å². The summed E-state index contributed by atoms with van der Waals surface area (Å²) in [6, 6.07) is 4.49. The van der Waals surface area contributed by atoms with Crippen molar-refractivity contribution in [3.8, 4) is 5.88 Å². The Balaban J connectivity index is 1.65. The van der Waals surface area contributed by atoms with Crippen molar-refractivity contribution < 1.29 is 24.2 Å². The molecule has 0 saturated carbocycles. The lowest BCUT2D eigenvalue weighted by Crippen LogP contribution is -2.35. The summed E-state index contributed by atoms with van der Waals surface area (Å²) in [7, 11) is 0. The highest BCUT2D eigenvalue weighted by Crippen LogP contribution is 2.43. The van der Waals surface area contributed by atoms with Gasteiger partial charge in [-0.3, -0.25) is 24.4 Å². The van der Waals surface area contributed by atoms with Crippen molar-refractivity contribution in [2.75, 3.05) is 23.8 Å². The molecule has 2 aliphatic heterocycles. The molecule has 0 bridgehead atoms. The predicted molar refractivity (Wildman–Crippen MR) is 86.0 cm³/mol. The Kier molecular flexibility index (Phi) is 3.42. The van der Waals surface area contributed by atoms with Gasteiger partial charge in [0.15, 0.2) is 5.56 Å². The quantitative estimate of drug-likeness (QED) is 0.467. The van der Waals surface area contributed by atoms with Crippen LogP contribution in [0.15, 0.2) is 27.8 Å². The van der Waals surface area contributed by atoms with Crippen LogP contribution in [-0.4, -0.2) is 40.1 Å². The van der Waals surface area contributed by atoms with E-state index in [1.54, 1.807) is 6.07 Å². The third-order valence-corrected chi connectivity index (χ3v) is 4.02. The highest BCUT2D eigenvalue weighted by molar-refractivity contribution is 6.08. The molecule has 5 N–H and O–H groups in total. The van der Waals surface area contributed by atoms with Gasteiger partial charge in [0.05, 0.1) is 18.9 Å². The van der Waals surface area contributed by atoms with Crippen molar-refractivity contribution in [2.24, 2.45) is 0 Å². The highest BCUT2D eigenvalue weighted by atomic mass is 16.7. The molecule has 4 rings (SSSR count). The number of aromatic nitrogens is 2. The van der Waals surface area contributed by atoms with Crippen molar-refractivity contribution in [3.05, 3.63) is 50.2 Å². The lowest BCUT2D eigenvalue weighted by atomic mass is 10.1. The van der Waals surface area contributed by atoms with E-state index in [1.807, 2.05) is 9.97 Å². The first-order chi connectivity index (χ1) is 12.4. The number of nitrogens with one attached hydrogen (secondary N) is 4. The van der Waals surface area contributed by atoms with Gasteiger partial charge < -0.3 is 25.2 Å². The van der Waals surface area contributed by atoms with E-state index < -0.39 is 40.3 Å². The molecule has 11 heteroatoms. The second kappa shape index (κ2) is 5.54. The Hall–Kier alpha value is -3.44. The van der Waals surface area contributed by atoms with Crippen molar-refractivity contribution in [2.45, 2.75) is 5.79 Å². The summed E-state index contributed by atoms with van der Waals surface area (Å²) in [5.74, 6) is -3.74. The van der Waals surface area contributed by atoms with Crippen LogP contribution in [-0.2, 0) is 20.1 Å². The molecule has 0 radical (unpaired) electrons. The molecule has 2 aliphatic rings. The Morgan fingerprint density at radius 2 is 1.88 bits per heavy atom. The molecule has 1 spiro atoms. The van der Waals surface area contributed by atoms with Crippen LogP contribution in [0.4, 0.5) is 11.4 Å². The lowest BCUT2D eigenvalue weighted by Gasteiger charge is -2.19. The van der Waals surface area contributed by atoms with Gasteiger partial charge in [0.2, 0.25) is 5.88 Å². The molecule has 1 aromatic heterocycles. The smallest absolute Gasteiger partial charge is 0.328 e. The fraction of sp³-hybridized carbons (Fsp3) is 0.200. The fourth-order valence-corrected chi connectivity index (χ4v) is 2.92. The van der Waals surface area contributed by atoms with Crippen LogP contribution in [0.1, 0.15) is 15.9 Å². The van der Waals surface area contributed by atoms with Gasteiger partial charge in [0.25, 0.3) is 23.2 Å². The topological polar surface area (TPSA) is 163 Å². The summed E-state index contributed by atoms with van der Waals surface area (Å²) in [4.78, 5) is 50.9. The zero-order valence-corrected chi connectivity index (χ0v) is 13.0. The van der Waals surface area contributed by atoms with Crippen LogP contribution in [0.2, 0.25) is 0 Å². The average molecular weight is 360 g/mol. The first-order valence-electron chi connectivity index (χ1n) is 7.51. The number of benzene rings is 1. The predicted octanol–water partition coefficient (Wildman–Crippen LogP) is -0.827. The molecule has 1 fully saturated rings. The first kappa shape index (κ1) is 16.1. The normalized spacial score (nSPS) is 17.2. The molecular formula is C15H12N4O7. The maximum atomic E-state index is 12.2. The number of hydrogen-bond acceptors (Lipinski definition) is 7. The lowest BCUT2D eigenvalue weighted by molar-refractivity contribution is -0.178. The molecular weight excluding hydrogens is 348 g/mol. The van der Waals surface area contributed by atoms with Crippen LogP contribution in [0.25, 0.3) is 0 Å². The zero-order chi connectivity index (χ0) is 18.5. The van der Waals surface area contributed by atoms with E-state index in [4.69, 9.17) is 9.47 Å². The summed E-state index contributed by atoms with van der Waals surface area (Å²) < 4.78 is 10.9. The molecule has 134 valence electrons. The second-order valence-electron chi connectivity index (χ2n) is 5.61. The first-order valence-corrected chi connectivity index (χ1v) is 7.51. The molecule has 0 unspecified atom stereocenters. The molecule has 1 saturated heterocycles. The number of fused-ring (bicyclic) bond motifs is 2. The van der Waals surface area contributed by atoms with Gasteiger partial charge >= 0.3 is 5.69 Å². The summed E-state index contributed by atoms with van der Waals surface area (Å²) in [6.07, 6.45) is 0. The molecule has 2 aromatic rings. The molecule has 26 heavy (non-hydrogen) atoms. The van der Waals surface area contributed by atoms with Crippen LogP contribution in [0, 0.1) is 0 Å². The zero-order valence-electron chi connectivity index (χ0n) is 13.0. The number of rotatable bonds is 2. The van der Waals surface area contributed by atoms with E-state index in [1.165, 1.54) is 12.1 Å². The molecule has 3 heterocycles. The minimum Gasteiger partial charge on any atom is -0.494 e. The number of ether oxygens (including phenoxy) is 2. The molecule has 0 atom stereocenters. The monoisotopic (exact) mass is 360 g/mol. The third kappa shape index (κ3) is 2.29. The van der Waals surface area contributed by atoms with Gasteiger partial charge in [-0.25, -0.2) is 4.79 Å². The standard InChI is InChI=1S/C15H12N4O7/c20-10(9-11(21)18-14(24)19-12(9)22)16-6-1-2-7-8(5-6)17-13(23)15(7)25-3-4-26-15/h1-2,5H,3-4H2,(H,16,20)(H,17,23)(H3,18,19,21,22,24). The van der Waals surface area contributed by atoms with Crippen molar-refractivity contribution in [3.63, 3.8) is 0 Å². The number of hydrogen-bond donors (Lipinski definition) is 5. The largest absolute Gasteiger partial charge is 0.494 e. The van der Waals surface area contributed by atoms with Gasteiger partial charge in [0, 0.05) is 11.3 Å². The van der Waals surface area contributed by atoms with E-state index in [0.29, 0.717) is 11.3 Å². The Bertz CT molecular complexity index is 1050. The molecule has 11 nitrogen and oxygen atoms in total. The van der Waals surface area contributed by atoms with E-state index >= 15 is 0 Å². The van der Waals surface area contributed by atoms with E-state index in [-0.39, 0.29) is 18.9 Å². The highest BCUT2D eigenvalue weighted by Gasteiger charge is 2.52. The number of carbonyl (C=O) groups is 2. The van der Waals surface area contributed by atoms with Crippen molar-refractivity contribution >= 4 is 23.2 Å². The second-order valence-corrected chi connectivity index (χ2v) is 5.61. The van der Waals surface area contributed by atoms with E-state index in [2.05, 4.69) is 10.6 Å². The van der Waals surface area contributed by atoms with Gasteiger partial charge in [-0.15, -0.1) is 0 Å². The number of carbonyl (C=O) groups excluding carboxylic acids is 2. The minimum atomic E-state index is -1.48. The van der Waals surface area contributed by atoms with Crippen LogP contribution < -0.4 is 21.9 Å². The summed E-state index contributed by atoms with van der Waals surface area (Å²) in [6.45, 7) is 0.555. The minimum absolute atomic E-state index is 0.245. The molecule has 1 aromatic carbocycles. The van der Waals surface area contributed by atoms with Crippen LogP contribution >= 0.6 is 0 Å². The van der Waals surface area contributed by atoms with E-state index in [0.717, 1.165) is 0 Å². The van der Waals surface area contributed by atoms with Crippen LogP contribution in [0.5, 0.6) is 5.88 Å². The van der Waals surface area contributed by atoms with Crippen molar-refractivity contribution in [1.82, 2.24) is 9.97 Å². The molecule has 2 amide bonds. The summed E-state index contributed by atoms with van der Waals surface area (Å²) >= 11 is 0. The Morgan fingerprint density at radius 1 is 1.15 bits per heavy atom. The van der Waals surface area contributed by atoms with Gasteiger partial charge in [-0.1, -0.05) is 0 Å². The number of anilines is 2.